The average molecular weight is 473 g/mol. The van der Waals surface area contributed by atoms with Gasteiger partial charge in [0.1, 0.15) is 5.75 Å². The van der Waals surface area contributed by atoms with Gasteiger partial charge in [-0.15, -0.1) is 11.7 Å². The quantitative estimate of drug-likeness (QED) is 0.349. The Morgan fingerprint density at radius 1 is 1.24 bits per heavy atom. The summed E-state index contributed by atoms with van der Waals surface area (Å²) in [5.41, 5.74) is 1.67. The molecule has 29 heavy (non-hydrogen) atoms. The predicted molar refractivity (Wildman–Crippen MR) is 120 cm³/mol. The molecule has 8 heteroatoms. The fourth-order valence-corrected chi connectivity index (χ4v) is 3.48. The van der Waals surface area contributed by atoms with Crippen LogP contribution in [0.3, 0.4) is 0 Å². The molecule has 0 spiro atoms. The van der Waals surface area contributed by atoms with Crippen LogP contribution in [0.2, 0.25) is 0 Å². The van der Waals surface area contributed by atoms with Gasteiger partial charge in [-0.3, -0.25) is 4.79 Å². The molecule has 0 saturated carbocycles. The van der Waals surface area contributed by atoms with Crippen LogP contribution in [0.15, 0.2) is 70.8 Å². The van der Waals surface area contributed by atoms with Crippen molar-refractivity contribution in [3.8, 4) is 17.1 Å². The van der Waals surface area contributed by atoms with Gasteiger partial charge < -0.3 is 10.1 Å². The number of carbonyl (C=O) groups is 1. The van der Waals surface area contributed by atoms with Gasteiger partial charge in [0.25, 0.3) is 0 Å². The summed E-state index contributed by atoms with van der Waals surface area (Å²) in [6.07, 6.45) is 1.77. The van der Waals surface area contributed by atoms with E-state index < -0.39 is 0 Å². The zero-order chi connectivity index (χ0) is 20.6. The first-order chi connectivity index (χ1) is 14.1. The molecule has 0 aliphatic rings. The standard InChI is InChI=1S/C21H21BrN4O2S/c1-3-13-26-20(15-5-7-16(22)8-6-15)24-21(25-26)29-14-19(27)23-17-9-11-18(12-10-17)28-4-2/h3,5-12H,1,4,13-14H2,2H3,(H,23,27). The summed E-state index contributed by atoms with van der Waals surface area (Å²) in [5, 5.41) is 7.91. The Kier molecular flexibility index (Phi) is 7.48. The van der Waals surface area contributed by atoms with Crippen molar-refractivity contribution in [2.24, 2.45) is 0 Å². The number of benzene rings is 2. The van der Waals surface area contributed by atoms with Gasteiger partial charge in [0.15, 0.2) is 5.82 Å². The normalized spacial score (nSPS) is 10.6. The molecular formula is C21H21BrN4O2S. The number of amides is 1. The molecule has 0 fully saturated rings. The molecule has 150 valence electrons. The second kappa shape index (κ2) is 10.3. The number of nitrogens with one attached hydrogen (secondary N) is 1. The van der Waals surface area contributed by atoms with Crippen LogP contribution >= 0.6 is 27.7 Å². The fraction of sp³-hybridized carbons (Fsp3) is 0.190. The summed E-state index contributed by atoms with van der Waals surface area (Å²) in [4.78, 5) is 16.9. The van der Waals surface area contributed by atoms with Gasteiger partial charge in [0.05, 0.1) is 18.9 Å². The van der Waals surface area contributed by atoms with Crippen LogP contribution in [0.1, 0.15) is 6.92 Å². The number of allylic oxidation sites excluding steroid dienone is 1. The topological polar surface area (TPSA) is 69.0 Å². The molecule has 0 radical (unpaired) electrons. The Morgan fingerprint density at radius 3 is 2.62 bits per heavy atom. The molecule has 1 N–H and O–H groups in total. The minimum atomic E-state index is -0.121. The largest absolute Gasteiger partial charge is 0.494 e. The van der Waals surface area contributed by atoms with Crippen LogP contribution in [0.5, 0.6) is 5.75 Å². The van der Waals surface area contributed by atoms with Crippen LogP contribution in [0.4, 0.5) is 5.69 Å². The number of aromatic nitrogens is 3. The molecule has 3 aromatic rings. The lowest BCUT2D eigenvalue weighted by Gasteiger charge is -2.06. The minimum absolute atomic E-state index is 0.121. The molecule has 0 aliphatic carbocycles. The van der Waals surface area contributed by atoms with E-state index in [1.165, 1.54) is 11.8 Å². The molecular weight excluding hydrogens is 452 g/mol. The molecule has 1 heterocycles. The lowest BCUT2D eigenvalue weighted by molar-refractivity contribution is -0.113. The van der Waals surface area contributed by atoms with E-state index in [2.05, 4.69) is 37.9 Å². The number of thioether (sulfide) groups is 1. The number of rotatable bonds is 9. The Balaban J connectivity index is 1.63. The summed E-state index contributed by atoms with van der Waals surface area (Å²) in [5.74, 6) is 1.61. The first kappa shape index (κ1) is 21.1. The number of anilines is 1. The smallest absolute Gasteiger partial charge is 0.234 e. The van der Waals surface area contributed by atoms with E-state index in [0.29, 0.717) is 18.3 Å². The molecule has 6 nitrogen and oxygen atoms in total. The van der Waals surface area contributed by atoms with E-state index in [-0.39, 0.29) is 11.7 Å². The first-order valence-electron chi connectivity index (χ1n) is 9.06. The molecule has 2 aromatic carbocycles. The molecule has 0 bridgehead atoms. The highest BCUT2D eigenvalue weighted by atomic mass is 79.9. The molecule has 0 atom stereocenters. The molecule has 0 aliphatic heterocycles. The number of hydrogen-bond donors (Lipinski definition) is 1. The van der Waals surface area contributed by atoms with Gasteiger partial charge in [0.2, 0.25) is 11.1 Å². The van der Waals surface area contributed by atoms with Crippen molar-refractivity contribution in [1.82, 2.24) is 14.8 Å². The van der Waals surface area contributed by atoms with Crippen LogP contribution in [-0.4, -0.2) is 33.0 Å². The summed E-state index contributed by atoms with van der Waals surface area (Å²) in [6, 6.07) is 15.2. The minimum Gasteiger partial charge on any atom is -0.494 e. The average Bonchev–Trinajstić information content (AvgIpc) is 3.12. The maximum atomic E-state index is 12.3. The second-order valence-electron chi connectivity index (χ2n) is 5.99. The van der Waals surface area contributed by atoms with Crippen molar-refractivity contribution in [2.75, 3.05) is 17.7 Å². The Labute approximate surface area is 182 Å². The van der Waals surface area contributed by atoms with Gasteiger partial charge in [-0.1, -0.05) is 45.9 Å². The summed E-state index contributed by atoms with van der Waals surface area (Å²) >= 11 is 4.73. The van der Waals surface area contributed by atoms with Gasteiger partial charge in [-0.05, 0) is 43.3 Å². The SMILES string of the molecule is C=CCn1nc(SCC(=O)Nc2ccc(OCC)cc2)nc1-c1ccc(Br)cc1. The summed E-state index contributed by atoms with van der Waals surface area (Å²) < 4.78 is 8.18. The molecule has 1 aromatic heterocycles. The van der Waals surface area contributed by atoms with E-state index in [1.807, 2.05) is 55.5 Å². The van der Waals surface area contributed by atoms with Crippen molar-refractivity contribution in [3.05, 3.63) is 65.7 Å². The third-order valence-electron chi connectivity index (χ3n) is 3.84. The number of hydrogen-bond acceptors (Lipinski definition) is 5. The van der Waals surface area contributed by atoms with Crippen molar-refractivity contribution in [1.29, 1.82) is 0 Å². The van der Waals surface area contributed by atoms with Crippen LogP contribution in [-0.2, 0) is 11.3 Å². The summed E-state index contributed by atoms with van der Waals surface area (Å²) in [7, 11) is 0. The highest BCUT2D eigenvalue weighted by molar-refractivity contribution is 9.10. The lowest BCUT2D eigenvalue weighted by atomic mass is 10.2. The second-order valence-corrected chi connectivity index (χ2v) is 7.85. The third-order valence-corrected chi connectivity index (χ3v) is 5.20. The zero-order valence-corrected chi connectivity index (χ0v) is 18.4. The van der Waals surface area contributed by atoms with E-state index in [4.69, 9.17) is 4.74 Å². The Morgan fingerprint density at radius 2 is 1.97 bits per heavy atom. The van der Waals surface area contributed by atoms with E-state index in [1.54, 1.807) is 10.8 Å². The first-order valence-corrected chi connectivity index (χ1v) is 10.8. The zero-order valence-electron chi connectivity index (χ0n) is 16.0. The van der Waals surface area contributed by atoms with Crippen molar-refractivity contribution >= 4 is 39.3 Å². The van der Waals surface area contributed by atoms with Crippen LogP contribution < -0.4 is 10.1 Å². The predicted octanol–water partition coefficient (Wildman–Crippen LogP) is 5.02. The maximum absolute atomic E-state index is 12.3. The lowest BCUT2D eigenvalue weighted by Crippen LogP contribution is -2.14. The summed E-state index contributed by atoms with van der Waals surface area (Å²) in [6.45, 7) is 6.85. The molecule has 3 rings (SSSR count). The monoisotopic (exact) mass is 472 g/mol. The fourth-order valence-electron chi connectivity index (χ4n) is 2.57. The maximum Gasteiger partial charge on any atom is 0.234 e. The van der Waals surface area contributed by atoms with E-state index in [0.717, 1.165) is 27.3 Å². The van der Waals surface area contributed by atoms with Gasteiger partial charge >= 0.3 is 0 Å². The van der Waals surface area contributed by atoms with Crippen molar-refractivity contribution in [3.63, 3.8) is 0 Å². The number of carbonyl (C=O) groups excluding carboxylic acids is 1. The van der Waals surface area contributed by atoms with Gasteiger partial charge in [-0.25, -0.2) is 9.67 Å². The highest BCUT2D eigenvalue weighted by Gasteiger charge is 2.13. The molecule has 0 saturated heterocycles. The third kappa shape index (κ3) is 5.95. The van der Waals surface area contributed by atoms with E-state index >= 15 is 0 Å². The number of nitrogens with zero attached hydrogens (tertiary/aromatic N) is 3. The van der Waals surface area contributed by atoms with Crippen molar-refractivity contribution in [2.45, 2.75) is 18.6 Å². The molecule has 0 unspecified atom stereocenters. The van der Waals surface area contributed by atoms with E-state index in [9.17, 15) is 4.79 Å². The van der Waals surface area contributed by atoms with Crippen LogP contribution in [0.25, 0.3) is 11.4 Å². The van der Waals surface area contributed by atoms with Gasteiger partial charge in [-0.2, -0.15) is 0 Å². The Hall–Kier alpha value is -2.58. The molecule has 1 amide bonds. The Bertz CT molecular complexity index is 971. The number of halogens is 1. The van der Waals surface area contributed by atoms with Crippen LogP contribution in [0, 0.1) is 0 Å². The highest BCUT2D eigenvalue weighted by Crippen LogP contribution is 2.24. The van der Waals surface area contributed by atoms with Crippen molar-refractivity contribution < 1.29 is 9.53 Å². The number of ether oxygens (including phenoxy) is 1. The van der Waals surface area contributed by atoms with Gasteiger partial charge in [0, 0.05) is 15.7 Å².